The van der Waals surface area contributed by atoms with Crippen molar-refractivity contribution < 1.29 is 14.3 Å². The molecule has 1 aliphatic heterocycles. The third-order valence-electron chi connectivity index (χ3n) is 3.46. The molecule has 23 heavy (non-hydrogen) atoms. The van der Waals surface area contributed by atoms with Gasteiger partial charge in [0.25, 0.3) is 5.91 Å². The molecular weight excluding hydrogens is 310 g/mol. The molecule has 1 amide bonds. The van der Waals surface area contributed by atoms with Crippen LogP contribution in [0.2, 0.25) is 0 Å². The predicted octanol–water partition coefficient (Wildman–Crippen LogP) is 3.96. The predicted molar refractivity (Wildman–Crippen MR) is 92.2 cm³/mol. The summed E-state index contributed by atoms with van der Waals surface area (Å²) in [7, 11) is 0. The largest absolute Gasteiger partial charge is 0.454 e. The Kier molecular flexibility index (Phi) is 4.48. The van der Waals surface area contributed by atoms with E-state index < -0.39 is 0 Å². The maximum Gasteiger partial charge on any atom is 0.264 e. The molecule has 1 aromatic carbocycles. The molecule has 118 valence electrons. The summed E-state index contributed by atoms with van der Waals surface area (Å²) in [6, 6.07) is 9.61. The Morgan fingerprint density at radius 1 is 1.13 bits per heavy atom. The van der Waals surface area contributed by atoms with E-state index in [2.05, 4.69) is 13.2 Å². The van der Waals surface area contributed by atoms with E-state index in [9.17, 15) is 4.79 Å². The molecule has 2 heterocycles. The van der Waals surface area contributed by atoms with Crippen molar-refractivity contribution in [3.8, 4) is 21.9 Å². The van der Waals surface area contributed by atoms with Crippen molar-refractivity contribution in [3.63, 3.8) is 0 Å². The molecule has 0 radical (unpaired) electrons. The van der Waals surface area contributed by atoms with Gasteiger partial charge in [-0.1, -0.05) is 12.2 Å². The lowest BCUT2D eigenvalue weighted by Gasteiger charge is -2.18. The lowest BCUT2D eigenvalue weighted by atomic mass is 10.1. The minimum Gasteiger partial charge on any atom is -0.454 e. The third-order valence-corrected chi connectivity index (χ3v) is 4.58. The van der Waals surface area contributed by atoms with E-state index in [-0.39, 0.29) is 12.7 Å². The van der Waals surface area contributed by atoms with Crippen LogP contribution in [0, 0.1) is 0 Å². The van der Waals surface area contributed by atoms with E-state index >= 15 is 0 Å². The number of rotatable bonds is 6. The number of carbonyl (C=O) groups excluding carboxylic acids is 1. The summed E-state index contributed by atoms with van der Waals surface area (Å²) in [5.41, 5.74) is 1.01. The zero-order valence-electron chi connectivity index (χ0n) is 12.7. The van der Waals surface area contributed by atoms with Gasteiger partial charge in [0.2, 0.25) is 6.79 Å². The molecule has 0 aliphatic carbocycles. The van der Waals surface area contributed by atoms with Crippen LogP contribution in [0.3, 0.4) is 0 Å². The van der Waals surface area contributed by atoms with Crippen LogP contribution in [0.4, 0.5) is 0 Å². The topological polar surface area (TPSA) is 38.8 Å². The van der Waals surface area contributed by atoms with Gasteiger partial charge in [-0.3, -0.25) is 4.79 Å². The molecule has 2 aromatic rings. The Morgan fingerprint density at radius 2 is 1.87 bits per heavy atom. The first-order valence-corrected chi connectivity index (χ1v) is 8.05. The van der Waals surface area contributed by atoms with Crippen molar-refractivity contribution >= 4 is 17.2 Å². The van der Waals surface area contributed by atoms with Crippen LogP contribution < -0.4 is 9.47 Å². The highest BCUT2D eigenvalue weighted by Gasteiger charge is 2.18. The zero-order valence-corrected chi connectivity index (χ0v) is 13.5. The van der Waals surface area contributed by atoms with Gasteiger partial charge < -0.3 is 14.4 Å². The number of hydrogen-bond acceptors (Lipinski definition) is 4. The molecule has 4 nitrogen and oxygen atoms in total. The number of benzene rings is 1. The summed E-state index contributed by atoms with van der Waals surface area (Å²) < 4.78 is 10.7. The summed E-state index contributed by atoms with van der Waals surface area (Å²) in [6.45, 7) is 8.65. The number of fused-ring (bicyclic) bond motifs is 1. The molecule has 0 atom stereocenters. The van der Waals surface area contributed by atoms with Gasteiger partial charge >= 0.3 is 0 Å². The lowest BCUT2D eigenvalue weighted by Crippen LogP contribution is -2.30. The molecule has 0 fully saturated rings. The van der Waals surface area contributed by atoms with E-state index in [0.717, 1.165) is 21.9 Å². The van der Waals surface area contributed by atoms with Gasteiger partial charge in [0.05, 0.1) is 4.88 Å². The minimum absolute atomic E-state index is 0.0122. The number of nitrogens with zero attached hydrogens (tertiary/aromatic N) is 1. The average Bonchev–Trinajstić information content (AvgIpc) is 3.22. The Balaban J connectivity index is 1.83. The zero-order chi connectivity index (χ0) is 16.2. The Hall–Kier alpha value is -2.53. The van der Waals surface area contributed by atoms with Crippen molar-refractivity contribution in [2.75, 3.05) is 19.9 Å². The maximum absolute atomic E-state index is 12.6. The second kappa shape index (κ2) is 6.71. The van der Waals surface area contributed by atoms with E-state index in [4.69, 9.17) is 9.47 Å². The Labute approximate surface area is 139 Å². The normalized spacial score (nSPS) is 12.0. The minimum atomic E-state index is -0.0122. The molecule has 1 aliphatic rings. The molecule has 0 saturated heterocycles. The first kappa shape index (κ1) is 15.4. The first-order valence-electron chi connectivity index (χ1n) is 7.24. The Morgan fingerprint density at radius 3 is 2.61 bits per heavy atom. The fourth-order valence-corrected chi connectivity index (χ4v) is 3.34. The van der Waals surface area contributed by atoms with Gasteiger partial charge in [-0.25, -0.2) is 0 Å². The molecule has 0 unspecified atom stereocenters. The standard InChI is InChI=1S/C18H17NO3S/c1-3-9-19(10-4-2)18(20)17-8-7-16(23-17)13-5-6-14-15(11-13)22-12-21-14/h3-8,11H,1-2,9-10,12H2. The molecule has 0 saturated carbocycles. The summed E-state index contributed by atoms with van der Waals surface area (Å²) in [4.78, 5) is 16.0. The van der Waals surface area contributed by atoms with E-state index in [1.807, 2.05) is 30.3 Å². The van der Waals surface area contributed by atoms with Gasteiger partial charge in [-0.2, -0.15) is 0 Å². The van der Waals surface area contributed by atoms with E-state index in [1.54, 1.807) is 17.1 Å². The van der Waals surface area contributed by atoms with Crippen molar-refractivity contribution in [1.29, 1.82) is 0 Å². The van der Waals surface area contributed by atoms with E-state index in [1.165, 1.54) is 11.3 Å². The molecular formula is C18H17NO3S. The molecule has 5 heteroatoms. The van der Waals surface area contributed by atoms with Gasteiger partial charge in [0.15, 0.2) is 11.5 Å². The van der Waals surface area contributed by atoms with Crippen molar-refractivity contribution in [1.82, 2.24) is 4.90 Å². The molecule has 3 rings (SSSR count). The maximum atomic E-state index is 12.6. The third kappa shape index (κ3) is 3.14. The number of hydrogen-bond donors (Lipinski definition) is 0. The first-order chi connectivity index (χ1) is 11.2. The summed E-state index contributed by atoms with van der Waals surface area (Å²) in [6.07, 6.45) is 3.43. The second-order valence-corrected chi connectivity index (χ2v) is 6.10. The number of amides is 1. The smallest absolute Gasteiger partial charge is 0.264 e. The van der Waals surface area contributed by atoms with Crippen molar-refractivity contribution in [3.05, 3.63) is 60.5 Å². The lowest BCUT2D eigenvalue weighted by molar-refractivity contribution is 0.0795. The van der Waals surface area contributed by atoms with Crippen molar-refractivity contribution in [2.24, 2.45) is 0 Å². The fraction of sp³-hybridized carbons (Fsp3) is 0.167. The molecule has 1 aromatic heterocycles. The Bertz CT molecular complexity index is 740. The van der Waals surface area contributed by atoms with Crippen LogP contribution in [-0.4, -0.2) is 30.7 Å². The van der Waals surface area contributed by atoms with Gasteiger partial charge in [-0.15, -0.1) is 24.5 Å². The quantitative estimate of drug-likeness (QED) is 0.754. The molecule has 0 bridgehead atoms. The van der Waals surface area contributed by atoms with Gasteiger partial charge in [0, 0.05) is 18.0 Å². The number of thiophene rings is 1. The highest BCUT2D eigenvalue weighted by Crippen LogP contribution is 2.38. The fourth-order valence-electron chi connectivity index (χ4n) is 2.37. The summed E-state index contributed by atoms with van der Waals surface area (Å²) in [5, 5.41) is 0. The molecule has 0 N–H and O–H groups in total. The van der Waals surface area contributed by atoms with Crippen LogP contribution in [-0.2, 0) is 0 Å². The van der Waals surface area contributed by atoms with Crippen LogP contribution in [0.5, 0.6) is 11.5 Å². The van der Waals surface area contributed by atoms with Crippen molar-refractivity contribution in [2.45, 2.75) is 0 Å². The van der Waals surface area contributed by atoms with Crippen LogP contribution in [0.1, 0.15) is 9.67 Å². The number of ether oxygens (including phenoxy) is 2. The van der Waals surface area contributed by atoms with Gasteiger partial charge in [0.1, 0.15) is 0 Å². The van der Waals surface area contributed by atoms with Crippen LogP contribution in [0.15, 0.2) is 55.6 Å². The second-order valence-electron chi connectivity index (χ2n) is 5.02. The highest BCUT2D eigenvalue weighted by molar-refractivity contribution is 7.17. The number of carbonyl (C=O) groups is 1. The monoisotopic (exact) mass is 327 g/mol. The molecule has 0 spiro atoms. The van der Waals surface area contributed by atoms with Gasteiger partial charge in [-0.05, 0) is 35.9 Å². The highest BCUT2D eigenvalue weighted by atomic mass is 32.1. The summed E-state index contributed by atoms with van der Waals surface area (Å²) in [5.74, 6) is 1.48. The summed E-state index contributed by atoms with van der Waals surface area (Å²) >= 11 is 1.46. The van der Waals surface area contributed by atoms with Crippen LogP contribution in [0.25, 0.3) is 10.4 Å². The SMILES string of the molecule is C=CCN(CC=C)C(=O)c1ccc(-c2ccc3c(c2)OCO3)s1. The van der Waals surface area contributed by atoms with E-state index in [0.29, 0.717) is 18.0 Å². The average molecular weight is 327 g/mol. The van der Waals surface area contributed by atoms with Crippen LogP contribution >= 0.6 is 11.3 Å².